The minimum atomic E-state index is -2.79. The molecule has 0 unspecified atom stereocenters. The Hall–Kier alpha value is 0.110. The average Bonchev–Trinajstić information content (AvgIpc) is 2.05. The van der Waals surface area contributed by atoms with Crippen LogP contribution in [0.1, 0.15) is 20.3 Å². The lowest BCUT2D eigenvalue weighted by Gasteiger charge is -2.16. The van der Waals surface area contributed by atoms with Crippen LogP contribution in [0.15, 0.2) is 0 Å². The molecule has 4 nitrogen and oxygen atoms in total. The minimum Gasteiger partial charge on any atom is -0.320 e. The summed E-state index contributed by atoms with van der Waals surface area (Å²) >= 11 is 0. The van der Waals surface area contributed by atoms with E-state index >= 15 is 0 Å². The summed E-state index contributed by atoms with van der Waals surface area (Å²) in [6.07, 6.45) is 1.31. The van der Waals surface area contributed by atoms with E-state index in [4.69, 9.17) is 9.05 Å². The maximum Gasteiger partial charge on any atom is 0.330 e. The van der Waals surface area contributed by atoms with E-state index in [9.17, 15) is 4.57 Å². The van der Waals surface area contributed by atoms with Crippen molar-refractivity contribution in [2.45, 2.75) is 20.3 Å². The molecule has 0 spiro atoms. The molecule has 0 aromatic carbocycles. The molecule has 80 valence electrons. The highest BCUT2D eigenvalue weighted by atomic mass is 31.2. The van der Waals surface area contributed by atoms with Crippen molar-refractivity contribution in [3.8, 4) is 0 Å². The maximum atomic E-state index is 11.8. The fraction of sp³-hybridized carbons (Fsp3) is 1.00. The van der Waals surface area contributed by atoms with E-state index in [2.05, 4.69) is 5.32 Å². The zero-order valence-electron chi connectivity index (χ0n) is 8.71. The fourth-order valence-electron chi connectivity index (χ4n) is 1.01. The van der Waals surface area contributed by atoms with E-state index in [1.54, 1.807) is 0 Å². The van der Waals surface area contributed by atoms with E-state index in [1.807, 2.05) is 20.9 Å². The molecule has 0 saturated heterocycles. The van der Waals surface area contributed by atoms with E-state index in [0.29, 0.717) is 19.4 Å². The predicted molar refractivity (Wildman–Crippen MR) is 54.3 cm³/mol. The number of nitrogens with one attached hydrogen (secondary N) is 1. The Balaban J connectivity index is 3.85. The second-order valence-corrected chi connectivity index (χ2v) is 4.81. The number of hydrogen-bond donors (Lipinski definition) is 1. The molecule has 0 amide bonds. The quantitative estimate of drug-likeness (QED) is 0.489. The molecule has 0 aromatic heterocycles. The summed E-state index contributed by atoms with van der Waals surface area (Å²) in [6.45, 7) is 5.37. The van der Waals surface area contributed by atoms with Crippen molar-refractivity contribution in [2.75, 3.05) is 33.0 Å². The molecule has 0 bridgehead atoms. The summed E-state index contributed by atoms with van der Waals surface area (Å²) in [5.41, 5.74) is 0. The Labute approximate surface area is 80.5 Å². The molecule has 0 aliphatic rings. The Bertz CT molecular complexity index is 153. The zero-order chi connectivity index (χ0) is 10.2. The molecule has 0 aliphatic heterocycles. The summed E-state index contributed by atoms with van der Waals surface area (Å²) < 4.78 is 22.1. The molecule has 0 radical (unpaired) electrons. The third kappa shape index (κ3) is 6.22. The zero-order valence-corrected chi connectivity index (χ0v) is 9.60. The molecule has 0 heterocycles. The van der Waals surface area contributed by atoms with Crippen molar-refractivity contribution in [3.05, 3.63) is 0 Å². The summed E-state index contributed by atoms with van der Waals surface area (Å²) in [5.74, 6) is 0. The molecular weight excluding hydrogens is 189 g/mol. The van der Waals surface area contributed by atoms with Gasteiger partial charge in [-0.25, -0.2) is 0 Å². The summed E-state index contributed by atoms with van der Waals surface area (Å²) in [6, 6.07) is 0. The lowest BCUT2D eigenvalue weighted by atomic mass is 10.5. The maximum absolute atomic E-state index is 11.8. The van der Waals surface area contributed by atoms with Crippen LogP contribution in [0.4, 0.5) is 0 Å². The SMILES string of the molecule is CCOP(=O)(CCCNC)OCC. The first-order valence-corrected chi connectivity index (χ1v) is 6.44. The van der Waals surface area contributed by atoms with Gasteiger partial charge in [0.2, 0.25) is 0 Å². The van der Waals surface area contributed by atoms with Crippen LogP contribution in [0.5, 0.6) is 0 Å². The van der Waals surface area contributed by atoms with Crippen LogP contribution < -0.4 is 5.32 Å². The predicted octanol–water partition coefficient (Wildman–Crippen LogP) is 1.86. The third-order valence-corrected chi connectivity index (χ3v) is 3.68. The van der Waals surface area contributed by atoms with Gasteiger partial charge in [-0.15, -0.1) is 0 Å². The van der Waals surface area contributed by atoms with Crippen LogP contribution in [-0.4, -0.2) is 33.0 Å². The van der Waals surface area contributed by atoms with Crippen LogP contribution in [0.2, 0.25) is 0 Å². The minimum absolute atomic E-state index is 0.441. The molecule has 13 heavy (non-hydrogen) atoms. The second kappa shape index (κ2) is 7.51. The van der Waals surface area contributed by atoms with Crippen LogP contribution in [0.3, 0.4) is 0 Å². The van der Waals surface area contributed by atoms with Gasteiger partial charge in [0, 0.05) is 0 Å². The van der Waals surface area contributed by atoms with Gasteiger partial charge in [0.15, 0.2) is 0 Å². The molecule has 0 aliphatic carbocycles. The third-order valence-electron chi connectivity index (χ3n) is 1.51. The van der Waals surface area contributed by atoms with E-state index in [0.717, 1.165) is 13.0 Å². The van der Waals surface area contributed by atoms with Crippen molar-refractivity contribution in [1.29, 1.82) is 0 Å². The summed E-state index contributed by atoms with van der Waals surface area (Å²) in [7, 11) is -0.922. The van der Waals surface area contributed by atoms with Gasteiger partial charge in [-0.2, -0.15) is 0 Å². The first kappa shape index (κ1) is 13.1. The molecule has 0 aromatic rings. The van der Waals surface area contributed by atoms with E-state index in [1.165, 1.54) is 0 Å². The second-order valence-electron chi connectivity index (χ2n) is 2.63. The van der Waals surface area contributed by atoms with Gasteiger partial charge in [-0.3, -0.25) is 4.57 Å². The van der Waals surface area contributed by atoms with Gasteiger partial charge in [-0.05, 0) is 33.9 Å². The van der Waals surface area contributed by atoms with Crippen LogP contribution >= 0.6 is 7.60 Å². The van der Waals surface area contributed by atoms with Crippen LogP contribution in [-0.2, 0) is 13.6 Å². The van der Waals surface area contributed by atoms with Crippen LogP contribution in [0, 0.1) is 0 Å². The topological polar surface area (TPSA) is 47.6 Å². The Morgan fingerprint density at radius 3 is 2.15 bits per heavy atom. The largest absolute Gasteiger partial charge is 0.330 e. The summed E-state index contributed by atoms with van der Waals surface area (Å²) in [5, 5.41) is 2.99. The van der Waals surface area contributed by atoms with Crippen LogP contribution in [0.25, 0.3) is 0 Å². The normalized spacial score (nSPS) is 11.9. The van der Waals surface area contributed by atoms with Gasteiger partial charge in [0.1, 0.15) is 0 Å². The standard InChI is InChI=1S/C8H20NO3P/c1-4-11-13(10,12-5-2)8-6-7-9-3/h9H,4-8H2,1-3H3. The molecule has 0 saturated carbocycles. The Kier molecular flexibility index (Phi) is 7.57. The lowest BCUT2D eigenvalue weighted by Crippen LogP contribution is -2.10. The van der Waals surface area contributed by atoms with Crippen molar-refractivity contribution >= 4 is 7.60 Å². The highest BCUT2D eigenvalue weighted by Crippen LogP contribution is 2.48. The fourth-order valence-corrected chi connectivity index (χ4v) is 2.67. The van der Waals surface area contributed by atoms with Gasteiger partial charge in [0.05, 0.1) is 19.4 Å². The smallest absolute Gasteiger partial charge is 0.320 e. The Morgan fingerprint density at radius 2 is 1.77 bits per heavy atom. The number of hydrogen-bond acceptors (Lipinski definition) is 4. The molecule has 0 rings (SSSR count). The van der Waals surface area contributed by atoms with E-state index in [-0.39, 0.29) is 0 Å². The lowest BCUT2D eigenvalue weighted by molar-refractivity contribution is 0.220. The van der Waals surface area contributed by atoms with Crippen molar-refractivity contribution < 1.29 is 13.6 Å². The average molecular weight is 209 g/mol. The first-order chi connectivity index (χ1) is 6.18. The molecule has 0 atom stereocenters. The van der Waals surface area contributed by atoms with Crippen molar-refractivity contribution in [3.63, 3.8) is 0 Å². The summed E-state index contributed by atoms with van der Waals surface area (Å²) in [4.78, 5) is 0. The highest BCUT2D eigenvalue weighted by Gasteiger charge is 2.21. The van der Waals surface area contributed by atoms with Crippen molar-refractivity contribution in [1.82, 2.24) is 5.32 Å². The van der Waals surface area contributed by atoms with Crippen molar-refractivity contribution in [2.24, 2.45) is 0 Å². The molecular formula is C8H20NO3P. The first-order valence-electron chi connectivity index (χ1n) is 4.71. The molecule has 1 N–H and O–H groups in total. The van der Waals surface area contributed by atoms with Gasteiger partial charge < -0.3 is 14.4 Å². The molecule has 5 heteroatoms. The van der Waals surface area contributed by atoms with Gasteiger partial charge >= 0.3 is 7.60 Å². The number of rotatable bonds is 8. The van der Waals surface area contributed by atoms with E-state index < -0.39 is 7.60 Å². The van der Waals surface area contributed by atoms with Gasteiger partial charge in [0.25, 0.3) is 0 Å². The Morgan fingerprint density at radius 1 is 1.23 bits per heavy atom. The highest BCUT2D eigenvalue weighted by molar-refractivity contribution is 7.53. The molecule has 0 fully saturated rings. The van der Waals surface area contributed by atoms with Gasteiger partial charge in [-0.1, -0.05) is 0 Å². The monoisotopic (exact) mass is 209 g/mol.